The topological polar surface area (TPSA) is 57.5 Å². The standard InChI is InChI=1S/CH2O3.V/c2-1(3)4;/h(H2,2,3,4);. The summed E-state index contributed by atoms with van der Waals surface area (Å²) in [7, 11) is 0. The van der Waals surface area contributed by atoms with Gasteiger partial charge >= 0.3 is 6.16 Å². The summed E-state index contributed by atoms with van der Waals surface area (Å²) in [5.41, 5.74) is 0. The van der Waals surface area contributed by atoms with Crippen molar-refractivity contribution >= 4 is 6.16 Å². The summed E-state index contributed by atoms with van der Waals surface area (Å²) in [5.74, 6) is 0. The molecule has 5 heavy (non-hydrogen) atoms. The fourth-order valence-corrected chi connectivity index (χ4v) is 0. The van der Waals surface area contributed by atoms with Crippen LogP contribution < -0.4 is 0 Å². The molecule has 0 aliphatic carbocycles. The van der Waals surface area contributed by atoms with E-state index in [1.807, 2.05) is 0 Å². The van der Waals surface area contributed by atoms with Gasteiger partial charge in [0.05, 0.1) is 0 Å². The molecule has 0 atom stereocenters. The van der Waals surface area contributed by atoms with Crippen LogP contribution in [0, 0.1) is 0 Å². The molecule has 0 bridgehead atoms. The Hall–Kier alpha value is -0.146. The minimum Gasteiger partial charge on any atom is -0.450 e. The van der Waals surface area contributed by atoms with Crippen molar-refractivity contribution in [1.29, 1.82) is 0 Å². The molecule has 0 spiro atoms. The molecular formula is CH2O3V. The van der Waals surface area contributed by atoms with Gasteiger partial charge in [-0.1, -0.05) is 0 Å². The Bertz CT molecular complexity index is 29.9. The summed E-state index contributed by atoms with van der Waals surface area (Å²) in [5, 5.41) is 13.9. The third-order valence-corrected chi connectivity index (χ3v) is 0. The number of hydrogen-bond acceptors (Lipinski definition) is 1. The average molecular weight is 113 g/mol. The van der Waals surface area contributed by atoms with E-state index in [4.69, 9.17) is 15.0 Å². The first-order valence-electron chi connectivity index (χ1n) is 0.651. The molecule has 29 valence electrons. The van der Waals surface area contributed by atoms with Crippen molar-refractivity contribution in [2.24, 2.45) is 0 Å². The molecule has 0 amide bonds. The molecule has 0 heterocycles. The number of hydrogen-bond donors (Lipinski definition) is 2. The Morgan fingerprint density at radius 2 is 1.40 bits per heavy atom. The molecule has 0 unspecified atom stereocenters. The molecule has 3 nitrogen and oxygen atoms in total. The molecule has 0 saturated heterocycles. The summed E-state index contributed by atoms with van der Waals surface area (Å²) < 4.78 is 0. The van der Waals surface area contributed by atoms with Crippen molar-refractivity contribution in [3.63, 3.8) is 0 Å². The molecular weight excluding hydrogens is 111 g/mol. The van der Waals surface area contributed by atoms with Crippen LogP contribution in [0.25, 0.3) is 0 Å². The maximum Gasteiger partial charge on any atom is 0.503 e. The predicted molar refractivity (Wildman–Crippen MR) is 10.7 cm³/mol. The van der Waals surface area contributed by atoms with Crippen LogP contribution in [0.1, 0.15) is 0 Å². The average Bonchev–Trinajstić information content (AvgIpc) is 0.811. The summed E-state index contributed by atoms with van der Waals surface area (Å²) >= 11 is 0. The van der Waals surface area contributed by atoms with Crippen LogP contribution in [0.4, 0.5) is 4.79 Å². The quantitative estimate of drug-likeness (QED) is 0.472. The molecule has 0 aliphatic rings. The maximum absolute atomic E-state index is 8.56. The monoisotopic (exact) mass is 113 g/mol. The molecule has 2 N–H and O–H groups in total. The van der Waals surface area contributed by atoms with Gasteiger partial charge in [-0.25, -0.2) is 4.79 Å². The smallest absolute Gasteiger partial charge is 0.450 e. The molecule has 0 aromatic carbocycles. The summed E-state index contributed by atoms with van der Waals surface area (Å²) in [6.07, 6.45) is -1.83. The van der Waals surface area contributed by atoms with Crippen molar-refractivity contribution in [2.45, 2.75) is 0 Å². The van der Waals surface area contributed by atoms with Gasteiger partial charge in [0.1, 0.15) is 0 Å². The van der Waals surface area contributed by atoms with Gasteiger partial charge in [-0.3, -0.25) is 0 Å². The van der Waals surface area contributed by atoms with Crippen LogP contribution >= 0.6 is 0 Å². The van der Waals surface area contributed by atoms with E-state index in [2.05, 4.69) is 0 Å². The predicted octanol–water partition coefficient (Wildman–Crippen LogP) is 0.220. The van der Waals surface area contributed by atoms with Gasteiger partial charge in [-0.2, -0.15) is 0 Å². The van der Waals surface area contributed by atoms with E-state index in [0.29, 0.717) is 0 Å². The van der Waals surface area contributed by atoms with E-state index in [1.165, 1.54) is 0 Å². The molecule has 4 heteroatoms. The third-order valence-electron chi connectivity index (χ3n) is 0. The fraction of sp³-hybridized carbons (Fsp3) is 0. The first-order valence-corrected chi connectivity index (χ1v) is 0.651. The van der Waals surface area contributed by atoms with Crippen LogP contribution in [0.5, 0.6) is 0 Å². The fourth-order valence-electron chi connectivity index (χ4n) is 0. The summed E-state index contributed by atoms with van der Waals surface area (Å²) in [4.78, 5) is 8.56. The van der Waals surface area contributed by atoms with Crippen molar-refractivity contribution < 1.29 is 33.6 Å². The van der Waals surface area contributed by atoms with E-state index >= 15 is 0 Å². The molecule has 0 saturated carbocycles. The Morgan fingerprint density at radius 1 is 1.40 bits per heavy atom. The van der Waals surface area contributed by atoms with Crippen molar-refractivity contribution in [3.8, 4) is 0 Å². The van der Waals surface area contributed by atoms with E-state index in [9.17, 15) is 0 Å². The SMILES string of the molecule is O=C(O)O.[V]. The Labute approximate surface area is 40.5 Å². The minimum atomic E-state index is -1.83. The molecule has 0 rings (SSSR count). The van der Waals surface area contributed by atoms with Gasteiger partial charge in [0.2, 0.25) is 0 Å². The van der Waals surface area contributed by atoms with Gasteiger partial charge in [0.25, 0.3) is 0 Å². The van der Waals surface area contributed by atoms with Gasteiger partial charge in [-0.15, -0.1) is 0 Å². The first-order chi connectivity index (χ1) is 1.73. The second kappa shape index (κ2) is 3.85. The van der Waals surface area contributed by atoms with Gasteiger partial charge in [-0.05, 0) is 0 Å². The minimum absolute atomic E-state index is 0. The maximum atomic E-state index is 8.56. The number of carbonyl (C=O) groups is 1. The Kier molecular flexibility index (Phi) is 6.82. The van der Waals surface area contributed by atoms with Crippen LogP contribution in [-0.2, 0) is 18.6 Å². The Balaban J connectivity index is 0. The normalized spacial score (nSPS) is 4.80. The third kappa shape index (κ3) is 625. The zero-order valence-electron chi connectivity index (χ0n) is 2.25. The van der Waals surface area contributed by atoms with Crippen LogP contribution in [-0.4, -0.2) is 16.4 Å². The largest absolute Gasteiger partial charge is 0.503 e. The van der Waals surface area contributed by atoms with Gasteiger partial charge in [0, 0.05) is 18.6 Å². The zero-order valence-corrected chi connectivity index (χ0v) is 3.65. The van der Waals surface area contributed by atoms with Crippen molar-refractivity contribution in [2.75, 3.05) is 0 Å². The first kappa shape index (κ1) is 8.85. The van der Waals surface area contributed by atoms with Crippen LogP contribution in [0.15, 0.2) is 0 Å². The van der Waals surface area contributed by atoms with E-state index in [1.54, 1.807) is 0 Å². The van der Waals surface area contributed by atoms with Crippen LogP contribution in [0.3, 0.4) is 0 Å². The van der Waals surface area contributed by atoms with E-state index in [-0.39, 0.29) is 18.6 Å². The van der Waals surface area contributed by atoms with Gasteiger partial charge < -0.3 is 10.2 Å². The van der Waals surface area contributed by atoms with Crippen molar-refractivity contribution in [1.82, 2.24) is 0 Å². The molecule has 0 aliphatic heterocycles. The second-order valence-electron chi connectivity index (χ2n) is 0.283. The van der Waals surface area contributed by atoms with Crippen LogP contribution in [0.2, 0.25) is 0 Å². The number of carboxylic acid groups (broad SMARTS) is 2. The Morgan fingerprint density at radius 3 is 1.40 bits per heavy atom. The van der Waals surface area contributed by atoms with Crippen molar-refractivity contribution in [3.05, 3.63) is 0 Å². The summed E-state index contributed by atoms with van der Waals surface area (Å²) in [6, 6.07) is 0. The zero-order chi connectivity index (χ0) is 3.58. The summed E-state index contributed by atoms with van der Waals surface area (Å²) in [6.45, 7) is 0. The molecule has 0 aromatic heterocycles. The molecule has 1 radical (unpaired) electrons. The van der Waals surface area contributed by atoms with E-state index < -0.39 is 6.16 Å². The molecule has 0 aromatic rings. The second-order valence-corrected chi connectivity index (χ2v) is 0.283. The van der Waals surface area contributed by atoms with Gasteiger partial charge in [0.15, 0.2) is 0 Å². The van der Waals surface area contributed by atoms with E-state index in [0.717, 1.165) is 0 Å². The molecule has 0 fully saturated rings. The number of rotatable bonds is 0.